The van der Waals surface area contributed by atoms with E-state index in [9.17, 15) is 8.78 Å². The second-order valence-corrected chi connectivity index (χ2v) is 7.77. The standard InChI is InChI=1S/C22H21F2N3O2/c23-19-8-1-14(11-20(19)24)12-27-10-9-18(13-27)28-17-6-4-15(5-7-17)21-25-22(29-26-21)16-2-3-16/h1,4-8,11,16,18H,2-3,9-10,12-13H2. The fourth-order valence-electron chi connectivity index (χ4n) is 3.66. The van der Waals surface area contributed by atoms with E-state index < -0.39 is 11.6 Å². The van der Waals surface area contributed by atoms with Gasteiger partial charge in [0.25, 0.3) is 0 Å². The van der Waals surface area contributed by atoms with Gasteiger partial charge in [-0.1, -0.05) is 11.2 Å². The Balaban J connectivity index is 1.17. The average molecular weight is 397 g/mol. The van der Waals surface area contributed by atoms with Gasteiger partial charge in [0.15, 0.2) is 11.6 Å². The van der Waals surface area contributed by atoms with Gasteiger partial charge in [-0.05, 0) is 61.2 Å². The Labute approximate surface area is 167 Å². The van der Waals surface area contributed by atoms with Gasteiger partial charge in [-0.2, -0.15) is 4.98 Å². The van der Waals surface area contributed by atoms with E-state index >= 15 is 0 Å². The summed E-state index contributed by atoms with van der Waals surface area (Å²) in [6.45, 7) is 2.18. The minimum absolute atomic E-state index is 0.0674. The van der Waals surface area contributed by atoms with Crippen molar-refractivity contribution in [3.05, 3.63) is 65.6 Å². The topological polar surface area (TPSA) is 51.4 Å². The van der Waals surface area contributed by atoms with Crippen LogP contribution in [-0.2, 0) is 6.54 Å². The normalized spacial score (nSPS) is 19.6. The summed E-state index contributed by atoms with van der Waals surface area (Å²) in [5.41, 5.74) is 1.67. The van der Waals surface area contributed by atoms with Crippen molar-refractivity contribution < 1.29 is 18.0 Å². The molecule has 150 valence electrons. The molecule has 1 saturated carbocycles. The molecule has 2 fully saturated rings. The van der Waals surface area contributed by atoms with Crippen LogP contribution in [0.1, 0.15) is 36.6 Å². The lowest BCUT2D eigenvalue weighted by atomic mass is 10.2. The predicted octanol–water partition coefficient (Wildman–Crippen LogP) is 4.55. The molecular formula is C22H21F2N3O2. The van der Waals surface area contributed by atoms with Crippen LogP contribution in [0.4, 0.5) is 8.78 Å². The molecule has 0 amide bonds. The molecule has 2 aromatic carbocycles. The highest BCUT2D eigenvalue weighted by atomic mass is 19.2. The number of likely N-dealkylation sites (tertiary alicyclic amines) is 1. The van der Waals surface area contributed by atoms with E-state index in [0.29, 0.717) is 18.3 Å². The molecule has 5 nitrogen and oxygen atoms in total. The van der Waals surface area contributed by atoms with Crippen molar-refractivity contribution in [3.8, 4) is 17.1 Å². The molecule has 0 spiro atoms. The summed E-state index contributed by atoms with van der Waals surface area (Å²) < 4.78 is 37.9. The number of aromatic nitrogens is 2. The fourth-order valence-corrected chi connectivity index (χ4v) is 3.66. The summed E-state index contributed by atoms with van der Waals surface area (Å²) in [5, 5.41) is 4.06. The minimum Gasteiger partial charge on any atom is -0.489 e. The van der Waals surface area contributed by atoms with Crippen molar-refractivity contribution in [3.63, 3.8) is 0 Å². The summed E-state index contributed by atoms with van der Waals surface area (Å²) >= 11 is 0. The molecule has 0 radical (unpaired) electrons. The van der Waals surface area contributed by atoms with Crippen molar-refractivity contribution in [2.24, 2.45) is 0 Å². The zero-order valence-corrected chi connectivity index (χ0v) is 15.9. The van der Waals surface area contributed by atoms with Crippen molar-refractivity contribution in [2.45, 2.75) is 37.8 Å². The molecule has 1 unspecified atom stereocenters. The summed E-state index contributed by atoms with van der Waals surface area (Å²) in [7, 11) is 0. The van der Waals surface area contributed by atoms with E-state index in [1.54, 1.807) is 6.07 Å². The predicted molar refractivity (Wildman–Crippen MR) is 102 cm³/mol. The first-order valence-corrected chi connectivity index (χ1v) is 9.91. The Kier molecular flexibility index (Phi) is 4.75. The molecule has 0 bridgehead atoms. The lowest BCUT2D eigenvalue weighted by molar-refractivity contribution is 0.198. The van der Waals surface area contributed by atoms with Crippen LogP contribution in [0, 0.1) is 11.6 Å². The monoisotopic (exact) mass is 397 g/mol. The zero-order chi connectivity index (χ0) is 19.8. The van der Waals surface area contributed by atoms with Crippen molar-refractivity contribution in [1.82, 2.24) is 15.0 Å². The van der Waals surface area contributed by atoms with Gasteiger partial charge in [0.05, 0.1) is 0 Å². The van der Waals surface area contributed by atoms with E-state index in [2.05, 4.69) is 15.0 Å². The molecule has 2 heterocycles. The largest absolute Gasteiger partial charge is 0.489 e. The van der Waals surface area contributed by atoms with E-state index in [0.717, 1.165) is 55.1 Å². The lowest BCUT2D eigenvalue weighted by Crippen LogP contribution is -2.24. The molecule has 7 heteroatoms. The van der Waals surface area contributed by atoms with Gasteiger partial charge in [0, 0.05) is 31.1 Å². The molecule has 1 saturated heterocycles. The van der Waals surface area contributed by atoms with Gasteiger partial charge >= 0.3 is 0 Å². The Morgan fingerprint density at radius 1 is 1.03 bits per heavy atom. The molecule has 0 N–H and O–H groups in total. The summed E-state index contributed by atoms with van der Waals surface area (Å²) in [6.07, 6.45) is 3.21. The van der Waals surface area contributed by atoms with E-state index in [1.807, 2.05) is 24.3 Å². The SMILES string of the molecule is Fc1ccc(CN2CCC(Oc3ccc(-c4noc(C5CC5)n4)cc3)C2)cc1F. The lowest BCUT2D eigenvalue weighted by Gasteiger charge is -2.17. The van der Waals surface area contributed by atoms with Gasteiger partial charge in [-0.15, -0.1) is 0 Å². The summed E-state index contributed by atoms with van der Waals surface area (Å²) in [5.74, 6) is 0.948. The van der Waals surface area contributed by atoms with E-state index in [4.69, 9.17) is 9.26 Å². The van der Waals surface area contributed by atoms with Crippen molar-refractivity contribution in [1.29, 1.82) is 0 Å². The maximum atomic E-state index is 13.4. The fraction of sp³-hybridized carbons (Fsp3) is 0.364. The van der Waals surface area contributed by atoms with E-state index in [-0.39, 0.29) is 6.10 Å². The molecule has 5 rings (SSSR count). The first-order chi connectivity index (χ1) is 14.1. The molecular weight excluding hydrogens is 376 g/mol. The third-order valence-corrected chi connectivity index (χ3v) is 5.40. The number of ether oxygens (including phenoxy) is 1. The number of hydrogen-bond donors (Lipinski definition) is 0. The second kappa shape index (κ2) is 7.55. The second-order valence-electron chi connectivity index (χ2n) is 7.77. The quantitative estimate of drug-likeness (QED) is 0.611. The molecule has 1 aromatic heterocycles. The Morgan fingerprint density at radius 2 is 1.86 bits per heavy atom. The third-order valence-electron chi connectivity index (χ3n) is 5.40. The molecule has 1 atom stereocenters. The van der Waals surface area contributed by atoms with Crippen LogP contribution in [0.3, 0.4) is 0 Å². The number of benzene rings is 2. The highest BCUT2D eigenvalue weighted by molar-refractivity contribution is 5.55. The molecule has 3 aromatic rings. The Morgan fingerprint density at radius 3 is 2.62 bits per heavy atom. The Bertz CT molecular complexity index is 1000. The van der Waals surface area contributed by atoms with Crippen LogP contribution >= 0.6 is 0 Å². The zero-order valence-electron chi connectivity index (χ0n) is 15.9. The summed E-state index contributed by atoms with van der Waals surface area (Å²) in [4.78, 5) is 6.65. The van der Waals surface area contributed by atoms with Crippen LogP contribution in [0.5, 0.6) is 5.75 Å². The van der Waals surface area contributed by atoms with Crippen molar-refractivity contribution in [2.75, 3.05) is 13.1 Å². The Hall–Kier alpha value is -2.80. The number of rotatable bonds is 6. The average Bonchev–Trinajstić information content (AvgIpc) is 3.29. The van der Waals surface area contributed by atoms with Gasteiger partial charge < -0.3 is 9.26 Å². The number of hydrogen-bond acceptors (Lipinski definition) is 5. The number of halogens is 2. The maximum absolute atomic E-state index is 13.4. The van der Waals surface area contributed by atoms with Gasteiger partial charge in [0.2, 0.25) is 11.7 Å². The van der Waals surface area contributed by atoms with Crippen LogP contribution in [0.2, 0.25) is 0 Å². The first kappa shape index (κ1) is 18.2. The molecule has 29 heavy (non-hydrogen) atoms. The number of nitrogens with zero attached hydrogens (tertiary/aromatic N) is 3. The first-order valence-electron chi connectivity index (χ1n) is 9.91. The van der Waals surface area contributed by atoms with Gasteiger partial charge in [0.1, 0.15) is 11.9 Å². The van der Waals surface area contributed by atoms with Gasteiger partial charge in [-0.3, -0.25) is 4.90 Å². The van der Waals surface area contributed by atoms with Crippen LogP contribution in [0.25, 0.3) is 11.4 Å². The highest BCUT2D eigenvalue weighted by Gasteiger charge is 2.30. The minimum atomic E-state index is -0.815. The van der Waals surface area contributed by atoms with E-state index in [1.165, 1.54) is 12.1 Å². The smallest absolute Gasteiger partial charge is 0.230 e. The highest BCUT2D eigenvalue weighted by Crippen LogP contribution is 2.39. The van der Waals surface area contributed by atoms with Crippen molar-refractivity contribution >= 4 is 0 Å². The van der Waals surface area contributed by atoms with Crippen LogP contribution < -0.4 is 4.74 Å². The third kappa shape index (κ3) is 4.15. The molecule has 1 aliphatic carbocycles. The maximum Gasteiger partial charge on any atom is 0.230 e. The van der Waals surface area contributed by atoms with Gasteiger partial charge in [-0.25, -0.2) is 8.78 Å². The summed E-state index contributed by atoms with van der Waals surface area (Å²) in [6, 6.07) is 11.8. The molecule has 2 aliphatic rings. The molecule has 1 aliphatic heterocycles. The van der Waals surface area contributed by atoms with Crippen LogP contribution in [-0.4, -0.2) is 34.2 Å². The van der Waals surface area contributed by atoms with Crippen LogP contribution in [0.15, 0.2) is 47.0 Å².